The van der Waals surface area contributed by atoms with Crippen LogP contribution in [0.1, 0.15) is 11.1 Å². The van der Waals surface area contributed by atoms with Crippen LogP contribution in [-0.2, 0) is 22.6 Å². The monoisotopic (exact) mass is 383 g/mol. The molecule has 6 nitrogen and oxygen atoms in total. The highest BCUT2D eigenvalue weighted by atomic mass is 16.5. The van der Waals surface area contributed by atoms with E-state index in [1.54, 1.807) is 13.2 Å². The van der Waals surface area contributed by atoms with Gasteiger partial charge in [-0.25, -0.2) is 0 Å². The molecular formula is C22H25NO5. The van der Waals surface area contributed by atoms with E-state index in [4.69, 9.17) is 20.6 Å². The molecule has 28 heavy (non-hydrogen) atoms. The molecule has 0 radical (unpaired) electrons. The molecule has 0 spiro atoms. The minimum Gasteiger partial charge on any atom is -0.493 e. The van der Waals surface area contributed by atoms with E-state index in [1.807, 2.05) is 42.5 Å². The SMILES string of the molecule is C#CCOc1ccc(CCNC(=O)[C@@H](O)COCc2ccccc2)cc1OC. The number of hydrogen-bond donors (Lipinski definition) is 2. The Balaban J connectivity index is 1.72. The zero-order chi connectivity index (χ0) is 20.2. The number of rotatable bonds is 11. The molecule has 0 aliphatic carbocycles. The van der Waals surface area contributed by atoms with Crippen LogP contribution in [0.3, 0.4) is 0 Å². The molecule has 6 heteroatoms. The number of carbonyl (C=O) groups excluding carboxylic acids is 1. The molecule has 148 valence electrons. The zero-order valence-electron chi connectivity index (χ0n) is 15.9. The third-order valence-electron chi connectivity index (χ3n) is 3.94. The number of nitrogens with one attached hydrogen (secondary N) is 1. The summed E-state index contributed by atoms with van der Waals surface area (Å²) in [7, 11) is 1.55. The Morgan fingerprint density at radius 1 is 1.18 bits per heavy atom. The van der Waals surface area contributed by atoms with E-state index in [2.05, 4.69) is 11.2 Å². The lowest BCUT2D eigenvalue weighted by atomic mass is 10.1. The fraction of sp³-hybridized carbons (Fsp3) is 0.318. The van der Waals surface area contributed by atoms with Gasteiger partial charge in [0.1, 0.15) is 6.61 Å². The number of carbonyl (C=O) groups is 1. The van der Waals surface area contributed by atoms with Crippen LogP contribution >= 0.6 is 0 Å². The lowest BCUT2D eigenvalue weighted by molar-refractivity contribution is -0.132. The molecule has 2 aromatic rings. The third kappa shape index (κ3) is 6.95. The van der Waals surface area contributed by atoms with Gasteiger partial charge in [-0.3, -0.25) is 4.79 Å². The van der Waals surface area contributed by atoms with Crippen LogP contribution in [0.4, 0.5) is 0 Å². The second kappa shape index (κ2) is 11.7. The predicted octanol–water partition coefficient (Wildman–Crippen LogP) is 1.94. The van der Waals surface area contributed by atoms with Gasteiger partial charge in [-0.1, -0.05) is 42.3 Å². The molecule has 1 amide bonds. The molecule has 0 saturated carbocycles. The normalized spacial score (nSPS) is 11.3. The van der Waals surface area contributed by atoms with Crippen LogP contribution in [0.2, 0.25) is 0 Å². The molecule has 0 fully saturated rings. The number of methoxy groups -OCH3 is 1. The topological polar surface area (TPSA) is 77.0 Å². The standard InChI is InChI=1S/C22H25NO5/c1-3-13-28-20-10-9-17(14-21(20)26-2)11-12-23-22(25)19(24)16-27-15-18-7-5-4-6-8-18/h1,4-10,14,19,24H,11-13,15-16H2,2H3,(H,23,25)/t19-/m0/s1. The number of amides is 1. The second-order valence-corrected chi connectivity index (χ2v) is 6.04. The number of terminal acetylenes is 1. The van der Waals surface area contributed by atoms with Crippen LogP contribution in [0.5, 0.6) is 11.5 Å². The van der Waals surface area contributed by atoms with Gasteiger partial charge in [0.15, 0.2) is 17.6 Å². The maximum atomic E-state index is 12.0. The molecule has 1 atom stereocenters. The van der Waals surface area contributed by atoms with Crippen LogP contribution in [0.15, 0.2) is 48.5 Å². The minimum absolute atomic E-state index is 0.0598. The molecule has 0 saturated heterocycles. The Labute approximate surface area is 165 Å². The van der Waals surface area contributed by atoms with Crippen molar-refractivity contribution < 1.29 is 24.1 Å². The summed E-state index contributed by atoms with van der Waals surface area (Å²) in [6.45, 7) is 0.827. The predicted molar refractivity (Wildman–Crippen MR) is 106 cm³/mol. The highest BCUT2D eigenvalue weighted by Crippen LogP contribution is 2.28. The molecule has 0 aliphatic heterocycles. The summed E-state index contributed by atoms with van der Waals surface area (Å²) in [6.07, 6.45) is 4.56. The molecular weight excluding hydrogens is 358 g/mol. The van der Waals surface area contributed by atoms with E-state index in [0.29, 0.717) is 31.1 Å². The first kappa shape index (κ1) is 21.3. The Morgan fingerprint density at radius 3 is 2.68 bits per heavy atom. The second-order valence-electron chi connectivity index (χ2n) is 6.04. The Bertz CT molecular complexity index is 785. The van der Waals surface area contributed by atoms with Gasteiger partial charge < -0.3 is 24.6 Å². The lowest BCUT2D eigenvalue weighted by Crippen LogP contribution is -2.38. The fourth-order valence-electron chi connectivity index (χ4n) is 2.49. The van der Waals surface area contributed by atoms with Gasteiger partial charge in [0, 0.05) is 6.54 Å². The summed E-state index contributed by atoms with van der Waals surface area (Å²) < 4.78 is 16.1. The van der Waals surface area contributed by atoms with Gasteiger partial charge >= 0.3 is 0 Å². The van der Waals surface area contributed by atoms with Gasteiger partial charge in [0.25, 0.3) is 5.91 Å². The average Bonchev–Trinajstić information content (AvgIpc) is 2.73. The Morgan fingerprint density at radius 2 is 1.96 bits per heavy atom. The van der Waals surface area contributed by atoms with E-state index in [-0.39, 0.29) is 13.2 Å². The summed E-state index contributed by atoms with van der Waals surface area (Å²) in [5, 5.41) is 12.6. The average molecular weight is 383 g/mol. The summed E-state index contributed by atoms with van der Waals surface area (Å²) in [5.41, 5.74) is 1.94. The number of ether oxygens (including phenoxy) is 3. The van der Waals surface area contributed by atoms with Crippen LogP contribution in [0, 0.1) is 12.3 Å². The molecule has 2 N–H and O–H groups in total. The molecule has 2 aromatic carbocycles. The summed E-state index contributed by atoms with van der Waals surface area (Å²) in [6, 6.07) is 15.1. The molecule has 2 rings (SSSR count). The van der Waals surface area contributed by atoms with Gasteiger partial charge in [-0.15, -0.1) is 6.42 Å². The third-order valence-corrected chi connectivity index (χ3v) is 3.94. The first-order valence-corrected chi connectivity index (χ1v) is 8.94. The first-order chi connectivity index (χ1) is 13.6. The quantitative estimate of drug-likeness (QED) is 0.580. The van der Waals surface area contributed by atoms with Crippen molar-refractivity contribution in [1.29, 1.82) is 0 Å². The number of aliphatic hydroxyl groups excluding tert-OH is 1. The molecule has 0 unspecified atom stereocenters. The number of benzene rings is 2. The maximum absolute atomic E-state index is 12.0. The zero-order valence-corrected chi connectivity index (χ0v) is 15.9. The fourth-order valence-corrected chi connectivity index (χ4v) is 2.49. The number of aliphatic hydroxyl groups is 1. The van der Waals surface area contributed by atoms with Crippen molar-refractivity contribution >= 4 is 5.91 Å². The van der Waals surface area contributed by atoms with Crippen molar-refractivity contribution in [2.75, 3.05) is 26.9 Å². The van der Waals surface area contributed by atoms with Crippen LogP contribution < -0.4 is 14.8 Å². The van der Waals surface area contributed by atoms with Crippen molar-refractivity contribution in [2.45, 2.75) is 19.1 Å². The maximum Gasteiger partial charge on any atom is 0.251 e. The summed E-state index contributed by atoms with van der Waals surface area (Å²) in [4.78, 5) is 12.0. The van der Waals surface area contributed by atoms with Gasteiger partial charge in [-0.2, -0.15) is 0 Å². The molecule has 0 aromatic heterocycles. The minimum atomic E-state index is -1.21. The lowest BCUT2D eigenvalue weighted by Gasteiger charge is -2.13. The smallest absolute Gasteiger partial charge is 0.251 e. The van der Waals surface area contributed by atoms with E-state index < -0.39 is 12.0 Å². The van der Waals surface area contributed by atoms with Crippen molar-refractivity contribution in [2.24, 2.45) is 0 Å². The van der Waals surface area contributed by atoms with E-state index in [1.165, 1.54) is 0 Å². The van der Waals surface area contributed by atoms with Crippen molar-refractivity contribution in [3.8, 4) is 23.8 Å². The van der Waals surface area contributed by atoms with Crippen LogP contribution in [-0.4, -0.2) is 44.0 Å². The van der Waals surface area contributed by atoms with Gasteiger partial charge in [0.05, 0.1) is 20.3 Å². The van der Waals surface area contributed by atoms with Crippen molar-refractivity contribution in [3.63, 3.8) is 0 Å². The molecule has 0 heterocycles. The van der Waals surface area contributed by atoms with Crippen LogP contribution in [0.25, 0.3) is 0 Å². The van der Waals surface area contributed by atoms with E-state index >= 15 is 0 Å². The summed E-state index contributed by atoms with van der Waals surface area (Å²) in [5.74, 6) is 3.09. The van der Waals surface area contributed by atoms with E-state index in [0.717, 1.165) is 11.1 Å². The van der Waals surface area contributed by atoms with E-state index in [9.17, 15) is 9.90 Å². The van der Waals surface area contributed by atoms with Gasteiger partial charge in [-0.05, 0) is 29.7 Å². The van der Waals surface area contributed by atoms with Gasteiger partial charge in [0.2, 0.25) is 0 Å². The first-order valence-electron chi connectivity index (χ1n) is 8.94. The molecule has 0 aliphatic rings. The number of hydrogen-bond acceptors (Lipinski definition) is 5. The molecule has 0 bridgehead atoms. The summed E-state index contributed by atoms with van der Waals surface area (Å²) >= 11 is 0. The highest BCUT2D eigenvalue weighted by Gasteiger charge is 2.14. The Hall–Kier alpha value is -3.01. The largest absolute Gasteiger partial charge is 0.493 e. The van der Waals surface area contributed by atoms with Crippen molar-refractivity contribution in [1.82, 2.24) is 5.32 Å². The highest BCUT2D eigenvalue weighted by molar-refractivity contribution is 5.80. The van der Waals surface area contributed by atoms with Crippen molar-refractivity contribution in [3.05, 3.63) is 59.7 Å². The Kier molecular flexibility index (Phi) is 8.86.